The smallest absolute Gasteiger partial charge is 0.272 e. The van der Waals surface area contributed by atoms with Gasteiger partial charge in [0.05, 0.1) is 5.69 Å². The van der Waals surface area contributed by atoms with Gasteiger partial charge in [-0.3, -0.25) is 4.79 Å². The van der Waals surface area contributed by atoms with Gasteiger partial charge in [-0.25, -0.2) is 4.68 Å². The van der Waals surface area contributed by atoms with E-state index < -0.39 is 0 Å². The van der Waals surface area contributed by atoms with Crippen molar-refractivity contribution in [2.75, 3.05) is 13.2 Å². The van der Waals surface area contributed by atoms with E-state index in [9.17, 15) is 4.79 Å². The molecule has 5 nitrogen and oxygen atoms in total. The maximum atomic E-state index is 12.5. The van der Waals surface area contributed by atoms with Crippen molar-refractivity contribution in [1.82, 2.24) is 15.1 Å². The van der Waals surface area contributed by atoms with Crippen LogP contribution in [-0.2, 0) is 12.8 Å². The molecule has 1 aliphatic rings. The fraction of sp³-hybridized carbons (Fsp3) is 0.474. The van der Waals surface area contributed by atoms with Crippen LogP contribution in [0.3, 0.4) is 0 Å². The SMILES string of the molecule is Cc1ccc(-n2nc(C(=O)NCC(C)CO)c3c2CCC3)c(C)c1. The molecule has 2 aromatic rings. The van der Waals surface area contributed by atoms with E-state index in [1.54, 1.807) is 0 Å². The Hall–Kier alpha value is -2.14. The minimum atomic E-state index is -0.142. The Labute approximate surface area is 142 Å². The zero-order valence-electron chi connectivity index (χ0n) is 14.6. The van der Waals surface area contributed by atoms with Gasteiger partial charge in [0.2, 0.25) is 0 Å². The lowest BCUT2D eigenvalue weighted by atomic mass is 10.1. The lowest BCUT2D eigenvalue weighted by Crippen LogP contribution is -2.30. The van der Waals surface area contributed by atoms with Gasteiger partial charge in [-0.1, -0.05) is 24.6 Å². The van der Waals surface area contributed by atoms with Crippen molar-refractivity contribution in [2.45, 2.75) is 40.0 Å². The number of benzene rings is 1. The van der Waals surface area contributed by atoms with E-state index in [0.29, 0.717) is 12.2 Å². The van der Waals surface area contributed by atoms with Crippen LogP contribution in [0.15, 0.2) is 18.2 Å². The van der Waals surface area contributed by atoms with Gasteiger partial charge >= 0.3 is 0 Å². The van der Waals surface area contributed by atoms with Crippen molar-refractivity contribution in [1.29, 1.82) is 0 Å². The second-order valence-corrected chi connectivity index (χ2v) is 6.83. The van der Waals surface area contributed by atoms with Crippen LogP contribution in [0.1, 0.15) is 46.2 Å². The molecule has 1 amide bonds. The Morgan fingerprint density at radius 1 is 1.38 bits per heavy atom. The average molecular weight is 327 g/mol. The molecule has 2 N–H and O–H groups in total. The molecule has 24 heavy (non-hydrogen) atoms. The van der Waals surface area contributed by atoms with Crippen LogP contribution >= 0.6 is 0 Å². The molecule has 0 spiro atoms. The Morgan fingerprint density at radius 3 is 2.88 bits per heavy atom. The highest BCUT2D eigenvalue weighted by atomic mass is 16.3. The molecular weight excluding hydrogens is 302 g/mol. The Bertz CT molecular complexity index is 764. The topological polar surface area (TPSA) is 67.2 Å². The number of carbonyl (C=O) groups is 1. The summed E-state index contributed by atoms with van der Waals surface area (Å²) in [5, 5.41) is 16.6. The van der Waals surface area contributed by atoms with Gasteiger partial charge < -0.3 is 10.4 Å². The first-order valence-electron chi connectivity index (χ1n) is 8.58. The molecule has 0 saturated carbocycles. The van der Waals surface area contributed by atoms with Crippen LogP contribution in [0, 0.1) is 19.8 Å². The molecule has 0 bridgehead atoms. The number of hydrogen-bond donors (Lipinski definition) is 2. The molecule has 5 heteroatoms. The maximum Gasteiger partial charge on any atom is 0.272 e. The van der Waals surface area contributed by atoms with E-state index >= 15 is 0 Å². The zero-order valence-corrected chi connectivity index (χ0v) is 14.6. The standard InChI is InChI=1S/C19H25N3O2/c1-12-7-8-16(14(3)9-12)22-17-6-4-5-15(17)18(21-22)19(24)20-10-13(2)11-23/h7-9,13,23H,4-6,10-11H2,1-3H3,(H,20,24). The minimum absolute atomic E-state index is 0.0448. The minimum Gasteiger partial charge on any atom is -0.396 e. The van der Waals surface area contributed by atoms with Crippen molar-refractivity contribution in [3.05, 3.63) is 46.3 Å². The van der Waals surface area contributed by atoms with Gasteiger partial charge in [0.25, 0.3) is 5.91 Å². The molecule has 1 unspecified atom stereocenters. The number of aliphatic hydroxyl groups is 1. The summed E-state index contributed by atoms with van der Waals surface area (Å²) in [7, 11) is 0. The third-order valence-corrected chi connectivity index (χ3v) is 4.65. The first-order chi connectivity index (χ1) is 11.5. The van der Waals surface area contributed by atoms with Crippen LogP contribution in [-0.4, -0.2) is 33.9 Å². The summed E-state index contributed by atoms with van der Waals surface area (Å²) in [5.41, 5.74) is 6.18. The van der Waals surface area contributed by atoms with Crippen LogP contribution in [0.4, 0.5) is 0 Å². The number of carbonyl (C=O) groups excluding carboxylic acids is 1. The number of fused-ring (bicyclic) bond motifs is 1. The van der Waals surface area contributed by atoms with E-state index in [-0.39, 0.29) is 18.4 Å². The number of nitrogens with one attached hydrogen (secondary N) is 1. The van der Waals surface area contributed by atoms with Gasteiger partial charge in [0, 0.05) is 24.4 Å². The zero-order chi connectivity index (χ0) is 17.3. The number of aliphatic hydroxyl groups excluding tert-OH is 1. The van der Waals surface area contributed by atoms with Crippen LogP contribution in [0.2, 0.25) is 0 Å². The molecule has 1 aliphatic carbocycles. The van der Waals surface area contributed by atoms with E-state index in [0.717, 1.165) is 41.8 Å². The first-order valence-corrected chi connectivity index (χ1v) is 8.58. The van der Waals surface area contributed by atoms with Gasteiger partial charge in [0.15, 0.2) is 5.69 Å². The van der Waals surface area contributed by atoms with Crippen molar-refractivity contribution in [3.63, 3.8) is 0 Å². The maximum absolute atomic E-state index is 12.5. The van der Waals surface area contributed by atoms with Crippen LogP contribution in [0.25, 0.3) is 5.69 Å². The second kappa shape index (κ2) is 6.77. The van der Waals surface area contributed by atoms with E-state index in [1.807, 2.05) is 11.6 Å². The number of aryl methyl sites for hydroxylation is 2. The van der Waals surface area contributed by atoms with Crippen LogP contribution in [0.5, 0.6) is 0 Å². The quantitative estimate of drug-likeness (QED) is 0.886. The fourth-order valence-electron chi connectivity index (χ4n) is 3.28. The monoisotopic (exact) mass is 327 g/mol. The molecule has 0 radical (unpaired) electrons. The highest BCUT2D eigenvalue weighted by Gasteiger charge is 2.27. The summed E-state index contributed by atoms with van der Waals surface area (Å²) >= 11 is 0. The van der Waals surface area contributed by atoms with Crippen LogP contribution < -0.4 is 5.32 Å². The van der Waals surface area contributed by atoms with Crippen molar-refractivity contribution >= 4 is 5.91 Å². The summed E-state index contributed by atoms with van der Waals surface area (Å²) in [5.74, 6) is -0.0969. The third kappa shape index (κ3) is 3.08. The third-order valence-electron chi connectivity index (χ3n) is 4.65. The summed E-state index contributed by atoms with van der Waals surface area (Å²) < 4.78 is 1.95. The molecule has 1 atom stereocenters. The summed E-state index contributed by atoms with van der Waals surface area (Å²) in [4.78, 5) is 12.5. The number of hydrogen-bond acceptors (Lipinski definition) is 3. The highest BCUT2D eigenvalue weighted by Crippen LogP contribution is 2.29. The number of rotatable bonds is 5. The van der Waals surface area contributed by atoms with E-state index in [2.05, 4.69) is 42.5 Å². The highest BCUT2D eigenvalue weighted by molar-refractivity contribution is 5.94. The lowest BCUT2D eigenvalue weighted by Gasteiger charge is -2.10. The molecule has 0 fully saturated rings. The number of aromatic nitrogens is 2. The normalized spacial score (nSPS) is 14.5. The second-order valence-electron chi connectivity index (χ2n) is 6.83. The number of amides is 1. The summed E-state index contributed by atoms with van der Waals surface area (Å²) in [6, 6.07) is 6.29. The van der Waals surface area contributed by atoms with Gasteiger partial charge in [-0.2, -0.15) is 5.10 Å². The molecule has 128 valence electrons. The van der Waals surface area contributed by atoms with E-state index in [4.69, 9.17) is 5.11 Å². The predicted molar refractivity (Wildman–Crippen MR) is 93.6 cm³/mol. The van der Waals surface area contributed by atoms with Crippen molar-refractivity contribution < 1.29 is 9.90 Å². The fourth-order valence-corrected chi connectivity index (χ4v) is 3.28. The molecule has 3 rings (SSSR count). The summed E-state index contributed by atoms with van der Waals surface area (Å²) in [6.07, 6.45) is 2.92. The Kier molecular flexibility index (Phi) is 4.71. The van der Waals surface area contributed by atoms with Gasteiger partial charge in [0.1, 0.15) is 0 Å². The van der Waals surface area contributed by atoms with Crippen molar-refractivity contribution in [3.8, 4) is 5.69 Å². The Morgan fingerprint density at radius 2 is 2.17 bits per heavy atom. The Balaban J connectivity index is 1.94. The van der Waals surface area contributed by atoms with Crippen molar-refractivity contribution in [2.24, 2.45) is 5.92 Å². The predicted octanol–water partition coefficient (Wildman–Crippen LogP) is 2.34. The lowest BCUT2D eigenvalue weighted by molar-refractivity contribution is 0.0936. The number of nitrogens with zero attached hydrogens (tertiary/aromatic N) is 2. The first kappa shape index (κ1) is 16.7. The van der Waals surface area contributed by atoms with Gasteiger partial charge in [-0.05, 0) is 50.7 Å². The molecule has 1 heterocycles. The molecular formula is C19H25N3O2. The molecule has 1 aromatic heterocycles. The average Bonchev–Trinajstić information content (AvgIpc) is 3.15. The molecule has 0 saturated heterocycles. The largest absolute Gasteiger partial charge is 0.396 e. The molecule has 0 aliphatic heterocycles. The summed E-state index contributed by atoms with van der Waals surface area (Å²) in [6.45, 7) is 6.58. The van der Waals surface area contributed by atoms with E-state index in [1.165, 1.54) is 5.56 Å². The molecule has 1 aromatic carbocycles. The van der Waals surface area contributed by atoms with Gasteiger partial charge in [-0.15, -0.1) is 0 Å².